The van der Waals surface area contributed by atoms with Gasteiger partial charge in [0.1, 0.15) is 0 Å². The first-order valence-electron chi connectivity index (χ1n) is 13.7. The van der Waals surface area contributed by atoms with Crippen molar-refractivity contribution in [3.05, 3.63) is 149 Å². The molecule has 0 aliphatic heterocycles. The van der Waals surface area contributed by atoms with Gasteiger partial charge in [-0.1, -0.05) is 125 Å². The Kier molecular flexibility index (Phi) is 6.14. The van der Waals surface area contributed by atoms with Crippen LogP contribution in [0.3, 0.4) is 0 Å². The Balaban J connectivity index is 1.77. The molecule has 0 atom stereocenters. The van der Waals surface area contributed by atoms with Gasteiger partial charge in [-0.15, -0.1) is 0 Å². The summed E-state index contributed by atoms with van der Waals surface area (Å²) in [6, 6.07) is 48.1. The first-order valence-corrected chi connectivity index (χ1v) is 14.5. The number of nitrogens with zero attached hydrogens (tertiary/aromatic N) is 1. The minimum absolute atomic E-state index is 1.07. The van der Waals surface area contributed by atoms with Crippen LogP contribution >= 0.6 is 15.9 Å². The van der Waals surface area contributed by atoms with Gasteiger partial charge in [-0.05, 0) is 71.5 Å². The maximum Gasteiger partial charge on any atom is 0.0628 e. The Hall–Kier alpha value is -4.40. The van der Waals surface area contributed by atoms with E-state index in [9.17, 15) is 0 Å². The molecule has 0 unspecified atom stereocenters. The Morgan fingerprint density at radius 2 is 0.850 bits per heavy atom. The van der Waals surface area contributed by atoms with Crippen LogP contribution in [0.1, 0.15) is 11.1 Å². The highest BCUT2D eigenvalue weighted by molar-refractivity contribution is 9.10. The van der Waals surface area contributed by atoms with Crippen LogP contribution in [0.5, 0.6) is 0 Å². The Labute approximate surface area is 243 Å². The predicted molar refractivity (Wildman–Crippen MR) is 174 cm³/mol. The van der Waals surface area contributed by atoms with Crippen LogP contribution in [0, 0.1) is 13.8 Å². The van der Waals surface area contributed by atoms with Crippen LogP contribution < -0.4 is 0 Å². The Morgan fingerprint density at radius 1 is 0.425 bits per heavy atom. The molecule has 0 aliphatic rings. The largest absolute Gasteiger partial charge is 0.308 e. The number of benzene rings is 6. The minimum Gasteiger partial charge on any atom is -0.308 e. The van der Waals surface area contributed by atoms with Crippen molar-refractivity contribution in [1.29, 1.82) is 0 Å². The number of aromatic nitrogens is 1. The van der Waals surface area contributed by atoms with Gasteiger partial charge in [0.2, 0.25) is 0 Å². The summed E-state index contributed by atoms with van der Waals surface area (Å²) < 4.78 is 3.58. The Bertz CT molecular complexity index is 1950. The topological polar surface area (TPSA) is 4.93 Å². The Morgan fingerprint density at radius 3 is 1.40 bits per heavy atom. The van der Waals surface area contributed by atoms with Gasteiger partial charge in [-0.3, -0.25) is 0 Å². The van der Waals surface area contributed by atoms with Gasteiger partial charge in [0, 0.05) is 26.4 Å². The molecule has 7 rings (SSSR count). The van der Waals surface area contributed by atoms with Crippen molar-refractivity contribution < 1.29 is 0 Å². The lowest BCUT2D eigenvalue weighted by atomic mass is 9.82. The molecule has 0 spiro atoms. The van der Waals surface area contributed by atoms with Crippen LogP contribution in [0.2, 0.25) is 0 Å². The van der Waals surface area contributed by atoms with Gasteiger partial charge < -0.3 is 4.57 Å². The maximum atomic E-state index is 3.68. The van der Waals surface area contributed by atoms with Gasteiger partial charge in [-0.25, -0.2) is 0 Å². The van der Waals surface area contributed by atoms with E-state index >= 15 is 0 Å². The molecule has 1 heterocycles. The van der Waals surface area contributed by atoms with Crippen LogP contribution in [-0.2, 0) is 0 Å². The third-order valence-electron chi connectivity index (χ3n) is 8.10. The molecule has 0 saturated heterocycles. The molecule has 7 aromatic rings. The molecule has 0 radical (unpaired) electrons. The van der Waals surface area contributed by atoms with E-state index in [1.807, 2.05) is 0 Å². The maximum absolute atomic E-state index is 3.68. The van der Waals surface area contributed by atoms with E-state index in [0.29, 0.717) is 0 Å². The average molecular weight is 579 g/mol. The molecule has 0 saturated carbocycles. The fourth-order valence-corrected chi connectivity index (χ4v) is 6.46. The fraction of sp³-hybridized carbons (Fsp3) is 0.0526. The molecule has 0 bridgehead atoms. The standard InChI is InChI=1S/C38H28BrN/c1-25-26(2)36(28-15-7-4-8-16-28)38(40-33-19-11-9-17-31(33)32-18-10-12-20-34(32)40)37(29-21-23-30(39)24-22-29)35(25)27-13-5-3-6-14-27/h3-24H,1-2H3. The predicted octanol–water partition coefficient (Wildman–Crippen LogP) is 11.2. The molecule has 0 amide bonds. The van der Waals surface area contributed by atoms with Gasteiger partial charge in [0.05, 0.1) is 16.7 Å². The molecule has 40 heavy (non-hydrogen) atoms. The normalized spacial score (nSPS) is 11.4. The number of hydrogen-bond donors (Lipinski definition) is 0. The monoisotopic (exact) mass is 577 g/mol. The van der Waals surface area contributed by atoms with Crippen molar-refractivity contribution in [2.75, 3.05) is 0 Å². The third kappa shape index (κ3) is 3.91. The van der Waals surface area contributed by atoms with Crippen molar-refractivity contribution in [2.24, 2.45) is 0 Å². The lowest BCUT2D eigenvalue weighted by molar-refractivity contribution is 1.16. The van der Waals surface area contributed by atoms with E-state index < -0.39 is 0 Å². The summed E-state index contributed by atoms with van der Waals surface area (Å²) in [7, 11) is 0. The highest BCUT2D eigenvalue weighted by atomic mass is 79.9. The SMILES string of the molecule is Cc1c(C)c(-c2ccccc2)c(-n2c3ccccc3c3ccccc32)c(-c2ccc(Br)cc2)c1-c1ccccc1. The second-order valence-electron chi connectivity index (χ2n) is 10.3. The zero-order valence-corrected chi connectivity index (χ0v) is 24.1. The molecular weight excluding hydrogens is 550 g/mol. The number of halogens is 1. The van der Waals surface area contributed by atoms with E-state index in [0.717, 1.165) is 4.47 Å². The van der Waals surface area contributed by atoms with Crippen LogP contribution in [0.15, 0.2) is 138 Å². The summed E-state index contributed by atoms with van der Waals surface area (Å²) in [4.78, 5) is 0. The molecule has 1 aromatic heterocycles. The van der Waals surface area contributed by atoms with Gasteiger partial charge >= 0.3 is 0 Å². The zero-order valence-electron chi connectivity index (χ0n) is 22.5. The molecule has 2 heteroatoms. The lowest BCUT2D eigenvalue weighted by Gasteiger charge is -2.27. The van der Waals surface area contributed by atoms with Gasteiger partial charge in [0.25, 0.3) is 0 Å². The van der Waals surface area contributed by atoms with Crippen LogP contribution in [-0.4, -0.2) is 4.57 Å². The number of hydrogen-bond acceptors (Lipinski definition) is 0. The first kappa shape index (κ1) is 24.6. The molecule has 0 N–H and O–H groups in total. The molecular formula is C38H28BrN. The minimum atomic E-state index is 1.07. The molecule has 192 valence electrons. The van der Waals surface area contributed by atoms with Crippen molar-refractivity contribution in [3.8, 4) is 39.1 Å². The van der Waals surface area contributed by atoms with Gasteiger partial charge in [-0.2, -0.15) is 0 Å². The van der Waals surface area contributed by atoms with E-state index in [4.69, 9.17) is 0 Å². The highest BCUT2D eigenvalue weighted by Crippen LogP contribution is 2.49. The molecule has 1 nitrogen and oxygen atoms in total. The summed E-state index contributed by atoms with van der Waals surface area (Å²) in [5, 5.41) is 2.52. The average Bonchev–Trinajstić information content (AvgIpc) is 3.34. The summed E-state index contributed by atoms with van der Waals surface area (Å²) in [5.74, 6) is 0. The number of para-hydroxylation sites is 2. The fourth-order valence-electron chi connectivity index (χ4n) is 6.19. The number of fused-ring (bicyclic) bond motifs is 3. The quantitative estimate of drug-likeness (QED) is 0.196. The van der Waals surface area contributed by atoms with Crippen molar-refractivity contribution in [2.45, 2.75) is 13.8 Å². The lowest BCUT2D eigenvalue weighted by Crippen LogP contribution is -2.06. The van der Waals surface area contributed by atoms with Crippen molar-refractivity contribution in [1.82, 2.24) is 4.57 Å². The second kappa shape index (κ2) is 9.97. The van der Waals surface area contributed by atoms with E-state index in [2.05, 4.69) is 168 Å². The number of rotatable bonds is 4. The summed E-state index contributed by atoms with van der Waals surface area (Å²) in [6.07, 6.45) is 0. The molecule has 0 fully saturated rings. The molecule has 6 aromatic carbocycles. The summed E-state index contributed by atoms with van der Waals surface area (Å²) in [6.45, 7) is 4.56. The van der Waals surface area contributed by atoms with E-state index in [-0.39, 0.29) is 0 Å². The van der Waals surface area contributed by atoms with Crippen molar-refractivity contribution >= 4 is 37.7 Å². The first-order chi connectivity index (χ1) is 19.6. The molecule has 0 aliphatic carbocycles. The summed E-state index contributed by atoms with van der Waals surface area (Å²) in [5.41, 5.74) is 13.7. The summed E-state index contributed by atoms with van der Waals surface area (Å²) >= 11 is 3.68. The van der Waals surface area contributed by atoms with E-state index in [1.54, 1.807) is 0 Å². The smallest absolute Gasteiger partial charge is 0.0628 e. The zero-order chi connectivity index (χ0) is 27.2. The van der Waals surface area contributed by atoms with E-state index in [1.165, 1.54) is 72.0 Å². The van der Waals surface area contributed by atoms with Crippen LogP contribution in [0.25, 0.3) is 60.9 Å². The third-order valence-corrected chi connectivity index (χ3v) is 8.63. The van der Waals surface area contributed by atoms with Crippen molar-refractivity contribution in [3.63, 3.8) is 0 Å². The highest BCUT2D eigenvalue weighted by Gasteiger charge is 2.26. The van der Waals surface area contributed by atoms with Gasteiger partial charge in [0.15, 0.2) is 0 Å². The second-order valence-corrected chi connectivity index (χ2v) is 11.2. The van der Waals surface area contributed by atoms with Crippen LogP contribution in [0.4, 0.5) is 0 Å².